The third kappa shape index (κ3) is 3.55. The number of pyridine rings is 1. The molecule has 0 aromatic carbocycles. The summed E-state index contributed by atoms with van der Waals surface area (Å²) in [4.78, 5) is 37.1. The van der Waals surface area contributed by atoms with Crippen LogP contribution in [0.5, 0.6) is 0 Å². The predicted molar refractivity (Wildman–Crippen MR) is 61.9 cm³/mol. The van der Waals surface area contributed by atoms with Crippen LogP contribution in [0.3, 0.4) is 0 Å². The van der Waals surface area contributed by atoms with Gasteiger partial charge in [-0.05, 0) is 19.1 Å². The highest BCUT2D eigenvalue weighted by Crippen LogP contribution is 2.06. The Balaban J connectivity index is 2.84. The van der Waals surface area contributed by atoms with Gasteiger partial charge in [0.25, 0.3) is 5.91 Å². The number of rotatable bonds is 5. The van der Waals surface area contributed by atoms with Crippen molar-refractivity contribution in [1.29, 1.82) is 0 Å². The molecule has 0 saturated carbocycles. The van der Waals surface area contributed by atoms with E-state index in [0.29, 0.717) is 0 Å². The monoisotopic (exact) mass is 251 g/mol. The highest BCUT2D eigenvalue weighted by molar-refractivity contribution is 6.03. The van der Waals surface area contributed by atoms with Gasteiger partial charge in [0.1, 0.15) is 5.69 Å². The van der Waals surface area contributed by atoms with Crippen molar-refractivity contribution >= 4 is 17.8 Å². The first-order valence-corrected chi connectivity index (χ1v) is 5.19. The van der Waals surface area contributed by atoms with Gasteiger partial charge in [-0.1, -0.05) is 0 Å². The van der Waals surface area contributed by atoms with Gasteiger partial charge in [-0.3, -0.25) is 14.6 Å². The van der Waals surface area contributed by atoms with Gasteiger partial charge in [0.2, 0.25) is 5.91 Å². The number of carbonyl (C=O) groups excluding carboxylic acids is 2. The van der Waals surface area contributed by atoms with Gasteiger partial charge < -0.3 is 16.2 Å². The Hall–Kier alpha value is -2.44. The van der Waals surface area contributed by atoms with Gasteiger partial charge in [0.15, 0.2) is 0 Å². The highest BCUT2D eigenvalue weighted by atomic mass is 16.4. The number of carboxylic acid groups (broad SMARTS) is 1. The van der Waals surface area contributed by atoms with Gasteiger partial charge in [0, 0.05) is 18.7 Å². The molecule has 4 N–H and O–H groups in total. The smallest absolute Gasteiger partial charge is 0.338 e. The summed E-state index contributed by atoms with van der Waals surface area (Å²) in [6.07, 6.45) is 1.29. The summed E-state index contributed by atoms with van der Waals surface area (Å²) in [5.41, 5.74) is 4.60. The van der Waals surface area contributed by atoms with Crippen molar-refractivity contribution in [3.63, 3.8) is 0 Å². The first-order valence-electron chi connectivity index (χ1n) is 5.19. The van der Waals surface area contributed by atoms with Crippen molar-refractivity contribution < 1.29 is 19.5 Å². The lowest BCUT2D eigenvalue weighted by atomic mass is 10.1. The molecule has 1 atom stereocenters. The highest BCUT2D eigenvalue weighted by Gasteiger charge is 2.19. The molecule has 1 heterocycles. The van der Waals surface area contributed by atoms with Crippen molar-refractivity contribution in [2.24, 2.45) is 5.73 Å². The third-order valence-electron chi connectivity index (χ3n) is 2.14. The Kier molecular flexibility index (Phi) is 4.36. The zero-order valence-electron chi connectivity index (χ0n) is 9.71. The van der Waals surface area contributed by atoms with Crippen molar-refractivity contribution in [2.45, 2.75) is 19.4 Å². The Morgan fingerprint density at radius 1 is 1.50 bits per heavy atom. The number of aromatic carboxylic acids is 1. The summed E-state index contributed by atoms with van der Waals surface area (Å²) in [6.45, 7) is 1.59. The van der Waals surface area contributed by atoms with Gasteiger partial charge in [0.05, 0.1) is 5.56 Å². The molecule has 1 unspecified atom stereocenters. The number of carboxylic acids is 1. The molecule has 0 radical (unpaired) electrons. The van der Waals surface area contributed by atoms with Crippen LogP contribution in [0.2, 0.25) is 0 Å². The zero-order chi connectivity index (χ0) is 13.7. The van der Waals surface area contributed by atoms with E-state index in [-0.39, 0.29) is 17.7 Å². The Bertz CT molecular complexity index is 487. The lowest BCUT2D eigenvalue weighted by Gasteiger charge is -2.12. The van der Waals surface area contributed by atoms with Crippen LogP contribution in [0, 0.1) is 0 Å². The standard InChI is InChI=1S/C11H13N3O4/c1-6(5-8(12)15)14-10(16)9-7(11(17)18)3-2-4-13-9/h2-4,6H,5H2,1H3,(H2,12,15)(H,14,16)(H,17,18). The number of carbonyl (C=O) groups is 3. The molecule has 18 heavy (non-hydrogen) atoms. The minimum absolute atomic E-state index is 0.0268. The largest absolute Gasteiger partial charge is 0.478 e. The van der Waals surface area contributed by atoms with Crippen molar-refractivity contribution in [2.75, 3.05) is 0 Å². The fourth-order valence-corrected chi connectivity index (χ4v) is 1.40. The fourth-order valence-electron chi connectivity index (χ4n) is 1.40. The number of hydrogen-bond acceptors (Lipinski definition) is 4. The average Bonchev–Trinajstić information content (AvgIpc) is 2.27. The van der Waals surface area contributed by atoms with E-state index in [1.807, 2.05) is 0 Å². The second-order valence-corrected chi connectivity index (χ2v) is 3.75. The molecule has 1 aromatic rings. The second-order valence-electron chi connectivity index (χ2n) is 3.75. The first kappa shape index (κ1) is 13.6. The number of amides is 2. The molecule has 7 heteroatoms. The topological polar surface area (TPSA) is 122 Å². The molecule has 0 aliphatic heterocycles. The van der Waals surface area contributed by atoms with Crippen molar-refractivity contribution in [3.05, 3.63) is 29.6 Å². The number of primary amides is 1. The van der Waals surface area contributed by atoms with E-state index in [4.69, 9.17) is 10.8 Å². The van der Waals surface area contributed by atoms with E-state index >= 15 is 0 Å². The Morgan fingerprint density at radius 3 is 2.72 bits per heavy atom. The molecular weight excluding hydrogens is 238 g/mol. The third-order valence-corrected chi connectivity index (χ3v) is 2.14. The summed E-state index contributed by atoms with van der Waals surface area (Å²) in [7, 11) is 0. The van der Waals surface area contributed by atoms with E-state index in [9.17, 15) is 14.4 Å². The minimum atomic E-state index is -1.24. The summed E-state index contributed by atoms with van der Waals surface area (Å²) in [6, 6.07) is 2.22. The molecule has 2 amide bonds. The van der Waals surface area contributed by atoms with Gasteiger partial charge in [-0.25, -0.2) is 4.79 Å². The van der Waals surface area contributed by atoms with Crippen LogP contribution in [0.25, 0.3) is 0 Å². The molecule has 7 nitrogen and oxygen atoms in total. The molecule has 0 saturated heterocycles. The van der Waals surface area contributed by atoms with Crippen LogP contribution < -0.4 is 11.1 Å². The quantitative estimate of drug-likeness (QED) is 0.667. The number of hydrogen-bond donors (Lipinski definition) is 3. The van der Waals surface area contributed by atoms with Crippen LogP contribution >= 0.6 is 0 Å². The summed E-state index contributed by atoms with van der Waals surface area (Å²) in [5.74, 6) is -2.44. The molecule has 0 aliphatic carbocycles. The van der Waals surface area contributed by atoms with Crippen molar-refractivity contribution in [3.8, 4) is 0 Å². The number of nitrogens with two attached hydrogens (primary N) is 1. The van der Waals surface area contributed by atoms with Crippen LogP contribution in [0.1, 0.15) is 34.2 Å². The van der Waals surface area contributed by atoms with Crippen LogP contribution in [-0.2, 0) is 4.79 Å². The van der Waals surface area contributed by atoms with Crippen LogP contribution in [0.4, 0.5) is 0 Å². The van der Waals surface area contributed by atoms with Crippen LogP contribution in [-0.4, -0.2) is 33.9 Å². The molecule has 0 aliphatic rings. The predicted octanol–water partition coefficient (Wildman–Crippen LogP) is -0.227. The maximum Gasteiger partial charge on any atom is 0.338 e. The first-order chi connectivity index (χ1) is 8.41. The van der Waals surface area contributed by atoms with E-state index in [0.717, 1.165) is 0 Å². The zero-order valence-corrected chi connectivity index (χ0v) is 9.71. The summed E-state index contributed by atoms with van der Waals surface area (Å²) < 4.78 is 0. The molecular formula is C11H13N3O4. The molecule has 96 valence electrons. The van der Waals surface area contributed by atoms with E-state index in [2.05, 4.69) is 10.3 Å². The number of nitrogens with zero attached hydrogens (tertiary/aromatic N) is 1. The lowest BCUT2D eigenvalue weighted by Crippen LogP contribution is -2.36. The maximum atomic E-state index is 11.8. The summed E-state index contributed by atoms with van der Waals surface area (Å²) in [5, 5.41) is 11.4. The number of aromatic nitrogens is 1. The Morgan fingerprint density at radius 2 is 2.17 bits per heavy atom. The molecule has 1 rings (SSSR count). The molecule has 0 fully saturated rings. The molecule has 0 bridgehead atoms. The van der Waals surface area contributed by atoms with E-state index < -0.39 is 23.8 Å². The number of nitrogens with one attached hydrogen (secondary N) is 1. The molecule has 0 spiro atoms. The van der Waals surface area contributed by atoms with Crippen molar-refractivity contribution in [1.82, 2.24) is 10.3 Å². The van der Waals surface area contributed by atoms with Crippen LogP contribution in [0.15, 0.2) is 18.3 Å². The van der Waals surface area contributed by atoms with E-state index in [1.54, 1.807) is 6.92 Å². The SMILES string of the molecule is CC(CC(N)=O)NC(=O)c1ncccc1C(=O)O. The minimum Gasteiger partial charge on any atom is -0.478 e. The Labute approximate surface area is 103 Å². The molecule has 1 aromatic heterocycles. The lowest BCUT2D eigenvalue weighted by molar-refractivity contribution is -0.118. The average molecular weight is 251 g/mol. The normalized spacial score (nSPS) is 11.6. The van der Waals surface area contributed by atoms with Gasteiger partial charge >= 0.3 is 5.97 Å². The maximum absolute atomic E-state index is 11.8. The second kappa shape index (κ2) is 5.76. The summed E-state index contributed by atoms with van der Waals surface area (Å²) >= 11 is 0. The van der Waals surface area contributed by atoms with E-state index in [1.165, 1.54) is 18.3 Å². The fraction of sp³-hybridized carbons (Fsp3) is 0.273. The van der Waals surface area contributed by atoms with Gasteiger partial charge in [-0.2, -0.15) is 0 Å². The van der Waals surface area contributed by atoms with Gasteiger partial charge in [-0.15, -0.1) is 0 Å².